The number of hydrogen-bond acceptors (Lipinski definition) is 13. The van der Waals surface area contributed by atoms with Gasteiger partial charge in [0.05, 0.1) is 50.5 Å². The molecule has 0 bridgehead atoms. The number of aromatic carboxylic acids is 1. The third-order valence-corrected chi connectivity index (χ3v) is 10.0. The lowest BCUT2D eigenvalue weighted by Gasteiger charge is -2.27. The Bertz CT molecular complexity index is 2050. The van der Waals surface area contributed by atoms with E-state index in [4.69, 9.17) is 4.74 Å². The van der Waals surface area contributed by atoms with E-state index in [9.17, 15) is 19.4 Å². The second kappa shape index (κ2) is 17.9. The van der Waals surface area contributed by atoms with Gasteiger partial charge in [0.15, 0.2) is 33.5 Å². The summed E-state index contributed by atoms with van der Waals surface area (Å²) in [5.41, 5.74) is 2.09. The van der Waals surface area contributed by atoms with Gasteiger partial charge in [-0.1, -0.05) is 35.3 Å². The summed E-state index contributed by atoms with van der Waals surface area (Å²) in [5.74, 6) is 5.13. The number of rotatable bonds is 17. The number of carbonyl (C=O) groups is 1. The molecule has 0 aliphatic heterocycles. The average Bonchev–Trinajstić information content (AvgIpc) is 3.70. The van der Waals surface area contributed by atoms with Crippen LogP contribution in [0.25, 0.3) is 10.2 Å². The lowest BCUT2D eigenvalue weighted by Crippen LogP contribution is -2.41. The molecule has 0 aliphatic rings. The standard InChI is InChI=1S/C38H45FN8O4S2/c1-25-22-33(43-44-35(25)42-37-40-29-14-7-8-15-31(29)52-37)46(20-10-13-27(48)24-47(4,5)6)38-41-34(36(49)50)32(53-38)16-11-21-51-30-18-17-26(23-28(30)39)12-9-19-45(2)3/h7-8,14-15,17-18,22-23,27,48H,10-11,13,16,19-21,24H2,1-6H3,(H-,40,42,44,49,50). The molecule has 2 N–H and O–H groups in total. The van der Waals surface area contributed by atoms with E-state index in [2.05, 4.69) is 37.3 Å². The molecule has 3 aromatic heterocycles. The molecule has 280 valence electrons. The summed E-state index contributed by atoms with van der Waals surface area (Å²) >= 11 is 2.74. The zero-order chi connectivity index (χ0) is 38.1. The molecule has 0 amide bonds. The van der Waals surface area contributed by atoms with Gasteiger partial charge in [0.1, 0.15) is 18.3 Å². The number of para-hydroxylation sites is 1. The van der Waals surface area contributed by atoms with Crippen LogP contribution in [0.3, 0.4) is 0 Å². The van der Waals surface area contributed by atoms with Crippen molar-refractivity contribution in [3.05, 3.63) is 76.0 Å². The number of aromatic nitrogens is 4. The quantitative estimate of drug-likeness (QED) is 0.0752. The molecule has 15 heteroatoms. The van der Waals surface area contributed by atoms with Crippen molar-refractivity contribution in [1.29, 1.82) is 0 Å². The number of carbonyl (C=O) groups excluding carboxylic acids is 1. The van der Waals surface area contributed by atoms with Crippen molar-refractivity contribution in [2.45, 2.75) is 38.7 Å². The Kier molecular flexibility index (Phi) is 13.3. The van der Waals surface area contributed by atoms with E-state index in [1.807, 2.05) is 82.3 Å². The summed E-state index contributed by atoms with van der Waals surface area (Å²) < 4.78 is 22.1. The minimum atomic E-state index is -1.39. The number of hydrogen-bond donors (Lipinski definition) is 2. The van der Waals surface area contributed by atoms with E-state index in [1.54, 1.807) is 12.1 Å². The van der Waals surface area contributed by atoms with Crippen LogP contribution in [0, 0.1) is 24.6 Å². The molecule has 0 saturated heterocycles. The van der Waals surface area contributed by atoms with Gasteiger partial charge in [-0.2, -0.15) is 0 Å². The third-order valence-electron chi connectivity index (χ3n) is 7.92. The highest BCUT2D eigenvalue weighted by molar-refractivity contribution is 7.22. The van der Waals surface area contributed by atoms with Crippen molar-refractivity contribution in [3.63, 3.8) is 0 Å². The summed E-state index contributed by atoms with van der Waals surface area (Å²) in [7, 11) is 9.89. The molecule has 3 heterocycles. The second-order valence-corrected chi connectivity index (χ2v) is 16.1. The van der Waals surface area contributed by atoms with Crippen molar-refractivity contribution < 1.29 is 28.6 Å². The number of quaternary nitrogens is 1. The summed E-state index contributed by atoms with van der Waals surface area (Å²) in [6.07, 6.45) is 1.32. The number of aliphatic hydroxyl groups is 1. The van der Waals surface area contributed by atoms with Gasteiger partial charge in [-0.05, 0) is 88.7 Å². The van der Waals surface area contributed by atoms with Crippen LogP contribution in [0.5, 0.6) is 5.75 Å². The first kappa shape index (κ1) is 39.5. The highest BCUT2D eigenvalue weighted by Crippen LogP contribution is 2.34. The Morgan fingerprint density at radius 3 is 2.58 bits per heavy atom. The maximum Gasteiger partial charge on any atom is 0.191 e. The summed E-state index contributed by atoms with van der Waals surface area (Å²) in [5, 5.41) is 36.3. The number of fused-ring (bicyclic) bond motifs is 1. The van der Waals surface area contributed by atoms with Crippen LogP contribution < -0.4 is 20.1 Å². The number of ether oxygens (including phenoxy) is 1. The number of benzene rings is 2. The van der Waals surface area contributed by atoms with Crippen LogP contribution >= 0.6 is 22.7 Å². The molecule has 0 spiro atoms. The molecular weight excluding hydrogens is 716 g/mol. The van der Waals surface area contributed by atoms with E-state index in [0.29, 0.717) is 82.1 Å². The third kappa shape index (κ3) is 11.4. The summed E-state index contributed by atoms with van der Waals surface area (Å²) in [6, 6.07) is 14.3. The molecular formula is C38H45FN8O4S2. The minimum Gasteiger partial charge on any atom is -0.543 e. The van der Waals surface area contributed by atoms with Gasteiger partial charge in [-0.25, -0.2) is 14.4 Å². The summed E-state index contributed by atoms with van der Waals surface area (Å²) in [4.78, 5) is 25.6. The molecule has 1 atom stereocenters. The number of carboxylic acid groups (broad SMARTS) is 1. The Labute approximate surface area is 317 Å². The van der Waals surface area contributed by atoms with Gasteiger partial charge >= 0.3 is 0 Å². The molecule has 0 aliphatic carbocycles. The summed E-state index contributed by atoms with van der Waals surface area (Å²) in [6.45, 7) is 3.62. The van der Waals surface area contributed by atoms with Crippen LogP contribution in [0.1, 0.15) is 45.8 Å². The number of carboxylic acids is 1. The smallest absolute Gasteiger partial charge is 0.191 e. The van der Waals surface area contributed by atoms with E-state index in [1.165, 1.54) is 28.7 Å². The molecule has 1 unspecified atom stereocenters. The van der Waals surface area contributed by atoms with Crippen molar-refractivity contribution in [2.75, 3.05) is 71.7 Å². The fraction of sp³-hybridized carbons (Fsp3) is 0.395. The number of likely N-dealkylation sites (N-methyl/N-ethyl adjacent to an activating group) is 1. The fourth-order valence-corrected chi connectivity index (χ4v) is 7.45. The number of aryl methyl sites for hydroxylation is 2. The van der Waals surface area contributed by atoms with Gasteiger partial charge in [-0.3, -0.25) is 4.90 Å². The van der Waals surface area contributed by atoms with Crippen molar-refractivity contribution in [1.82, 2.24) is 25.1 Å². The highest BCUT2D eigenvalue weighted by Gasteiger charge is 2.22. The Morgan fingerprint density at radius 2 is 1.89 bits per heavy atom. The predicted molar refractivity (Wildman–Crippen MR) is 207 cm³/mol. The number of aliphatic hydroxyl groups excluding tert-OH is 1. The monoisotopic (exact) mass is 760 g/mol. The van der Waals surface area contributed by atoms with E-state index in [0.717, 1.165) is 15.8 Å². The molecule has 2 aromatic carbocycles. The van der Waals surface area contributed by atoms with E-state index >= 15 is 0 Å². The van der Waals surface area contributed by atoms with Crippen molar-refractivity contribution in [2.24, 2.45) is 0 Å². The minimum absolute atomic E-state index is 0.0990. The molecule has 12 nitrogen and oxygen atoms in total. The fourth-order valence-electron chi connectivity index (χ4n) is 5.46. The average molecular weight is 761 g/mol. The number of nitrogens with zero attached hydrogens (tertiary/aromatic N) is 7. The molecule has 53 heavy (non-hydrogen) atoms. The van der Waals surface area contributed by atoms with Gasteiger partial charge < -0.3 is 34.4 Å². The Hall–Kier alpha value is -4.72. The molecule has 0 radical (unpaired) electrons. The zero-order valence-electron chi connectivity index (χ0n) is 30.8. The van der Waals surface area contributed by atoms with Gasteiger partial charge in [-0.15, -0.1) is 21.5 Å². The normalized spacial score (nSPS) is 12.1. The molecule has 5 rings (SSSR count). The maximum atomic E-state index is 14.7. The van der Waals surface area contributed by atoms with E-state index in [-0.39, 0.29) is 18.1 Å². The van der Waals surface area contributed by atoms with Crippen LogP contribution in [-0.4, -0.2) is 108 Å². The van der Waals surface area contributed by atoms with Crippen molar-refractivity contribution >= 4 is 60.8 Å². The van der Waals surface area contributed by atoms with Gasteiger partial charge in [0, 0.05) is 17.0 Å². The first-order valence-corrected chi connectivity index (χ1v) is 18.9. The predicted octanol–water partition coefficient (Wildman–Crippen LogP) is 5.01. The SMILES string of the molecule is Cc1cc(N(CCCC(O)C[N+](C)(C)C)c2nc(C(=O)[O-])c(CCCOc3ccc(C#CCN(C)C)cc3F)s2)nnc1Nc1nc2ccccc2s1. The second-order valence-electron chi connectivity index (χ2n) is 14.0. The van der Waals surface area contributed by atoms with Crippen LogP contribution in [-0.2, 0) is 6.42 Å². The Balaban J connectivity index is 1.31. The lowest BCUT2D eigenvalue weighted by molar-refractivity contribution is -0.873. The maximum absolute atomic E-state index is 14.7. The zero-order valence-corrected chi connectivity index (χ0v) is 32.5. The van der Waals surface area contributed by atoms with Crippen molar-refractivity contribution in [3.8, 4) is 17.6 Å². The first-order chi connectivity index (χ1) is 25.3. The first-order valence-electron chi connectivity index (χ1n) is 17.3. The van der Waals surface area contributed by atoms with Gasteiger partial charge in [0.2, 0.25) is 0 Å². The van der Waals surface area contributed by atoms with E-state index < -0.39 is 17.9 Å². The largest absolute Gasteiger partial charge is 0.543 e. The topological polar surface area (TPSA) is 140 Å². The Morgan fingerprint density at radius 1 is 1.09 bits per heavy atom. The number of halogens is 1. The highest BCUT2D eigenvalue weighted by atomic mass is 32.1. The van der Waals surface area contributed by atoms with Crippen LogP contribution in [0.15, 0.2) is 48.5 Å². The van der Waals surface area contributed by atoms with Crippen LogP contribution in [0.2, 0.25) is 0 Å². The molecule has 0 fully saturated rings. The van der Waals surface area contributed by atoms with Crippen LogP contribution in [0.4, 0.5) is 26.3 Å². The lowest BCUT2D eigenvalue weighted by atomic mass is 10.1. The number of thiazole rings is 2. The number of nitrogens with one attached hydrogen (secondary N) is 1. The molecule has 5 aromatic rings. The van der Waals surface area contributed by atoms with Gasteiger partial charge in [0.25, 0.3) is 0 Å². The number of anilines is 4. The molecule has 0 saturated carbocycles.